The van der Waals surface area contributed by atoms with Crippen molar-refractivity contribution in [2.45, 2.75) is 25.4 Å². The quantitative estimate of drug-likeness (QED) is 0.732. The Labute approximate surface area is 175 Å². The second kappa shape index (κ2) is 11.8. The molecule has 0 saturated carbocycles. The number of benzene rings is 1. The van der Waals surface area contributed by atoms with Gasteiger partial charge in [0.25, 0.3) is 0 Å². The first-order chi connectivity index (χ1) is 12.6. The molecule has 2 aromatic rings. The number of aromatic nitrogens is 1. The zero-order valence-electron chi connectivity index (χ0n) is 15.2. The summed E-state index contributed by atoms with van der Waals surface area (Å²) in [6.07, 6.45) is 3.15. The Morgan fingerprint density at radius 3 is 2.75 bits per heavy atom. The van der Waals surface area contributed by atoms with Crippen LogP contribution < -0.4 is 15.8 Å². The predicted octanol–water partition coefficient (Wildman–Crippen LogP) is 3.23. The summed E-state index contributed by atoms with van der Waals surface area (Å²) in [4.78, 5) is 16.5. The number of pyridine rings is 1. The number of hydrogen-bond acceptors (Lipinski definition) is 5. The van der Waals surface area contributed by atoms with Crippen LogP contribution in [0.1, 0.15) is 18.4 Å². The molecule has 0 radical (unpaired) electrons. The van der Waals surface area contributed by atoms with Crippen molar-refractivity contribution in [3.8, 4) is 11.6 Å². The van der Waals surface area contributed by atoms with E-state index in [0.717, 1.165) is 12.8 Å². The van der Waals surface area contributed by atoms with Crippen LogP contribution in [-0.2, 0) is 16.1 Å². The highest BCUT2D eigenvalue weighted by atomic mass is 35.5. The Hall–Kier alpha value is -1.93. The number of nitrogens with zero attached hydrogens (tertiary/aromatic N) is 1. The minimum atomic E-state index is -0.567. The smallest absolute Gasteiger partial charge is 0.237 e. The van der Waals surface area contributed by atoms with E-state index >= 15 is 0 Å². The highest BCUT2D eigenvalue weighted by Gasteiger charge is 2.26. The van der Waals surface area contributed by atoms with Crippen molar-refractivity contribution >= 4 is 30.7 Å². The van der Waals surface area contributed by atoms with Crippen molar-refractivity contribution < 1.29 is 18.7 Å². The molecule has 1 amide bonds. The van der Waals surface area contributed by atoms with Gasteiger partial charge in [0.1, 0.15) is 11.6 Å². The molecule has 6 nitrogen and oxygen atoms in total. The molecule has 0 aliphatic carbocycles. The number of ether oxygens (including phenoxy) is 2. The molecule has 0 bridgehead atoms. The van der Waals surface area contributed by atoms with Crippen molar-refractivity contribution in [2.75, 3.05) is 13.2 Å². The fourth-order valence-corrected chi connectivity index (χ4v) is 2.88. The number of halogens is 3. The molecule has 154 valence electrons. The molecule has 1 unspecified atom stereocenters. The van der Waals surface area contributed by atoms with E-state index in [2.05, 4.69) is 10.3 Å². The molecular formula is C19H24Cl2FN3O3. The average molecular weight is 432 g/mol. The lowest BCUT2D eigenvalue weighted by molar-refractivity contribution is -0.124. The van der Waals surface area contributed by atoms with Crippen LogP contribution >= 0.6 is 24.8 Å². The monoisotopic (exact) mass is 431 g/mol. The molecule has 1 saturated heterocycles. The first-order valence-electron chi connectivity index (χ1n) is 8.62. The van der Waals surface area contributed by atoms with Crippen molar-refractivity contribution in [1.29, 1.82) is 0 Å². The lowest BCUT2D eigenvalue weighted by Gasteiger charge is -2.26. The van der Waals surface area contributed by atoms with Crippen LogP contribution in [0.5, 0.6) is 11.6 Å². The predicted molar refractivity (Wildman–Crippen MR) is 109 cm³/mol. The Morgan fingerprint density at radius 2 is 2.04 bits per heavy atom. The first kappa shape index (κ1) is 24.1. The number of hydrogen-bond donors (Lipinski definition) is 2. The van der Waals surface area contributed by atoms with Gasteiger partial charge < -0.3 is 20.5 Å². The summed E-state index contributed by atoms with van der Waals surface area (Å²) in [6, 6.07) is 8.79. The van der Waals surface area contributed by atoms with Gasteiger partial charge in [0.05, 0.1) is 6.04 Å². The van der Waals surface area contributed by atoms with E-state index in [0.29, 0.717) is 30.4 Å². The molecule has 1 aromatic heterocycles. The third kappa shape index (κ3) is 6.60. The second-order valence-electron chi connectivity index (χ2n) is 6.22. The number of rotatable bonds is 6. The molecule has 9 heteroatoms. The van der Waals surface area contributed by atoms with Gasteiger partial charge in [0.15, 0.2) is 0 Å². The van der Waals surface area contributed by atoms with Crippen molar-refractivity contribution in [2.24, 2.45) is 11.7 Å². The molecule has 1 atom stereocenters. The summed E-state index contributed by atoms with van der Waals surface area (Å²) in [5, 5.41) is 2.83. The van der Waals surface area contributed by atoms with Crippen molar-refractivity contribution in [3.63, 3.8) is 0 Å². The van der Waals surface area contributed by atoms with Gasteiger partial charge >= 0.3 is 0 Å². The normalized spacial score (nSPS) is 14.9. The summed E-state index contributed by atoms with van der Waals surface area (Å²) < 4.78 is 24.3. The van der Waals surface area contributed by atoms with E-state index in [4.69, 9.17) is 15.2 Å². The lowest BCUT2D eigenvalue weighted by Crippen LogP contribution is -2.46. The van der Waals surface area contributed by atoms with Crippen LogP contribution in [0, 0.1) is 11.7 Å². The summed E-state index contributed by atoms with van der Waals surface area (Å²) in [5.41, 5.74) is 6.76. The number of nitrogens with one attached hydrogen (secondary N) is 1. The van der Waals surface area contributed by atoms with Crippen LogP contribution in [0.25, 0.3) is 0 Å². The van der Waals surface area contributed by atoms with E-state index in [1.807, 2.05) is 0 Å². The van der Waals surface area contributed by atoms with Gasteiger partial charge in [0, 0.05) is 37.6 Å². The molecule has 1 aliphatic rings. The maximum absolute atomic E-state index is 13.3. The Morgan fingerprint density at radius 1 is 1.29 bits per heavy atom. The number of nitrogens with two attached hydrogens (primary N) is 1. The summed E-state index contributed by atoms with van der Waals surface area (Å²) in [6.45, 7) is 1.51. The van der Waals surface area contributed by atoms with Gasteiger partial charge in [-0.3, -0.25) is 4.79 Å². The topological polar surface area (TPSA) is 86.5 Å². The van der Waals surface area contributed by atoms with E-state index in [9.17, 15) is 9.18 Å². The van der Waals surface area contributed by atoms with Crippen LogP contribution in [0.2, 0.25) is 0 Å². The molecule has 1 fully saturated rings. The minimum Gasteiger partial charge on any atom is -0.439 e. The van der Waals surface area contributed by atoms with Gasteiger partial charge in [0.2, 0.25) is 11.8 Å². The maximum atomic E-state index is 13.3. The molecule has 0 spiro atoms. The molecule has 1 aliphatic heterocycles. The maximum Gasteiger partial charge on any atom is 0.237 e. The fourth-order valence-electron chi connectivity index (χ4n) is 2.88. The largest absolute Gasteiger partial charge is 0.439 e. The summed E-state index contributed by atoms with van der Waals surface area (Å²) in [5.74, 6) is 0.182. The molecule has 1 aromatic carbocycles. The molecule has 28 heavy (non-hydrogen) atoms. The average Bonchev–Trinajstić information content (AvgIpc) is 2.67. The molecule has 3 rings (SSSR count). The SMILES string of the molecule is Cl.Cl.NC(C(=O)NCc1cccnc1Oc1cccc(F)c1)C1CCOCC1. The van der Waals surface area contributed by atoms with Gasteiger partial charge in [-0.1, -0.05) is 12.1 Å². The Balaban J connectivity index is 0.00000196. The second-order valence-corrected chi connectivity index (χ2v) is 6.22. The fraction of sp³-hybridized carbons (Fsp3) is 0.368. The molecular weight excluding hydrogens is 408 g/mol. The number of carbonyl (C=O) groups is 1. The van der Waals surface area contributed by atoms with E-state index < -0.39 is 11.9 Å². The Bertz CT molecular complexity index is 761. The molecule has 3 N–H and O–H groups in total. The summed E-state index contributed by atoms with van der Waals surface area (Å²) in [7, 11) is 0. The Kier molecular flexibility index (Phi) is 10.2. The van der Waals surface area contributed by atoms with Crippen LogP contribution in [0.15, 0.2) is 42.6 Å². The zero-order chi connectivity index (χ0) is 18.4. The highest BCUT2D eigenvalue weighted by molar-refractivity contribution is 5.85. The van der Waals surface area contributed by atoms with E-state index in [1.165, 1.54) is 12.1 Å². The van der Waals surface area contributed by atoms with Gasteiger partial charge in [-0.25, -0.2) is 9.37 Å². The van der Waals surface area contributed by atoms with Gasteiger partial charge in [-0.2, -0.15) is 0 Å². The van der Waals surface area contributed by atoms with Crippen molar-refractivity contribution in [3.05, 3.63) is 54.0 Å². The zero-order valence-corrected chi connectivity index (χ0v) is 16.8. The number of carbonyl (C=O) groups excluding carboxylic acids is 1. The van der Waals surface area contributed by atoms with Crippen LogP contribution in [0.4, 0.5) is 4.39 Å². The molecule has 2 heterocycles. The lowest BCUT2D eigenvalue weighted by atomic mass is 9.92. The minimum absolute atomic E-state index is 0. The van der Waals surface area contributed by atoms with Gasteiger partial charge in [-0.05, 0) is 37.0 Å². The van der Waals surface area contributed by atoms with Crippen LogP contribution in [0.3, 0.4) is 0 Å². The van der Waals surface area contributed by atoms with Crippen LogP contribution in [-0.4, -0.2) is 30.1 Å². The third-order valence-electron chi connectivity index (χ3n) is 4.39. The summed E-state index contributed by atoms with van der Waals surface area (Å²) >= 11 is 0. The standard InChI is InChI=1S/C19H22FN3O3.2ClH/c20-15-4-1-5-16(11-15)26-19-14(3-2-8-22-19)12-23-18(24)17(21)13-6-9-25-10-7-13;;/h1-5,8,11,13,17H,6-7,9-10,12,21H2,(H,23,24);2*1H. The van der Waals surface area contributed by atoms with Gasteiger partial charge in [-0.15, -0.1) is 24.8 Å². The van der Waals surface area contributed by atoms with E-state index in [1.54, 1.807) is 30.5 Å². The third-order valence-corrected chi connectivity index (χ3v) is 4.39. The van der Waals surface area contributed by atoms with Crippen molar-refractivity contribution in [1.82, 2.24) is 10.3 Å². The first-order valence-corrected chi connectivity index (χ1v) is 8.62. The highest BCUT2D eigenvalue weighted by Crippen LogP contribution is 2.23. The number of amides is 1. The van der Waals surface area contributed by atoms with E-state index in [-0.39, 0.29) is 43.2 Å².